The van der Waals surface area contributed by atoms with Gasteiger partial charge in [0.05, 0.1) is 18.6 Å². The zero-order chi connectivity index (χ0) is 14.5. The van der Waals surface area contributed by atoms with Gasteiger partial charge in [-0.05, 0) is 18.6 Å². The smallest absolute Gasteiger partial charge is 0.146 e. The Kier molecular flexibility index (Phi) is 4.01. The molecule has 0 aliphatic rings. The third-order valence-corrected chi connectivity index (χ3v) is 3.38. The second-order valence-electron chi connectivity index (χ2n) is 4.83. The molecule has 0 aliphatic heterocycles. The second-order valence-corrected chi connectivity index (χ2v) is 4.83. The number of hydrogen-bond donors (Lipinski definition) is 0. The highest BCUT2D eigenvalue weighted by molar-refractivity contribution is 5.53. The van der Waals surface area contributed by atoms with Crippen LogP contribution in [0.2, 0.25) is 0 Å². The Morgan fingerprint density at radius 1 is 1.05 bits per heavy atom. The van der Waals surface area contributed by atoms with Crippen LogP contribution in [0, 0.1) is 0 Å². The summed E-state index contributed by atoms with van der Waals surface area (Å²) in [5.74, 6) is 0.932. The molecule has 3 heteroatoms. The number of nitrogens with zero attached hydrogens (tertiary/aromatic N) is 2. The summed E-state index contributed by atoms with van der Waals surface area (Å²) >= 11 is 0. The Hall–Kier alpha value is -2.55. The minimum absolute atomic E-state index is 0.646. The van der Waals surface area contributed by atoms with E-state index in [1.807, 2.05) is 23.8 Å². The number of ether oxygens (including phenoxy) is 1. The van der Waals surface area contributed by atoms with E-state index in [0.29, 0.717) is 6.61 Å². The summed E-state index contributed by atoms with van der Waals surface area (Å²) < 4.78 is 7.90. The summed E-state index contributed by atoms with van der Waals surface area (Å²) in [5.41, 5.74) is 3.50. The van der Waals surface area contributed by atoms with E-state index in [9.17, 15) is 0 Å². The molecule has 0 N–H and O–H groups in total. The molecule has 3 rings (SSSR count). The lowest BCUT2D eigenvalue weighted by Crippen LogP contribution is -2.03. The number of benzene rings is 2. The molecule has 0 amide bonds. The fourth-order valence-electron chi connectivity index (χ4n) is 2.44. The first-order valence-electron chi connectivity index (χ1n) is 7.15. The zero-order valence-corrected chi connectivity index (χ0v) is 12.1. The van der Waals surface area contributed by atoms with E-state index in [4.69, 9.17) is 4.74 Å². The first-order chi connectivity index (χ1) is 10.4. The maximum Gasteiger partial charge on any atom is 0.146 e. The van der Waals surface area contributed by atoms with Gasteiger partial charge in [0, 0.05) is 24.4 Å². The van der Waals surface area contributed by atoms with E-state index < -0.39 is 0 Å². The van der Waals surface area contributed by atoms with Crippen LogP contribution in [-0.4, -0.2) is 16.2 Å². The minimum Gasteiger partial charge on any atom is -0.491 e. The molecular formula is C18H18N2O. The maximum absolute atomic E-state index is 5.92. The fraction of sp³-hybridized carbons (Fsp3) is 0.167. The number of hydrogen-bond acceptors (Lipinski definition) is 2. The van der Waals surface area contributed by atoms with Crippen molar-refractivity contribution in [1.29, 1.82) is 0 Å². The third kappa shape index (κ3) is 2.97. The molecule has 0 saturated carbocycles. The van der Waals surface area contributed by atoms with Crippen molar-refractivity contribution in [1.82, 2.24) is 9.55 Å². The minimum atomic E-state index is 0.646. The van der Waals surface area contributed by atoms with Crippen LogP contribution in [0.5, 0.6) is 5.75 Å². The lowest BCUT2D eigenvalue weighted by atomic mass is 10.0. The van der Waals surface area contributed by atoms with Crippen molar-refractivity contribution in [2.45, 2.75) is 13.3 Å². The van der Waals surface area contributed by atoms with Gasteiger partial charge in [-0.1, -0.05) is 42.5 Å². The van der Waals surface area contributed by atoms with Gasteiger partial charge in [-0.15, -0.1) is 0 Å². The molecule has 1 aromatic heterocycles. The lowest BCUT2D eigenvalue weighted by Gasteiger charge is -2.15. The third-order valence-electron chi connectivity index (χ3n) is 3.38. The summed E-state index contributed by atoms with van der Waals surface area (Å²) in [6, 6.07) is 16.7. The Morgan fingerprint density at radius 2 is 1.90 bits per heavy atom. The first-order valence-corrected chi connectivity index (χ1v) is 7.15. The summed E-state index contributed by atoms with van der Waals surface area (Å²) in [6.07, 6.45) is 6.37. The molecule has 0 aliphatic carbocycles. The average Bonchev–Trinajstić information content (AvgIpc) is 3.04. The van der Waals surface area contributed by atoms with Gasteiger partial charge >= 0.3 is 0 Å². The number of rotatable bonds is 5. The number of imidazole rings is 1. The SMILES string of the molecule is CCOc1c(Cc2ccccc2)cccc1-n1ccnc1. The molecule has 0 bridgehead atoms. The molecule has 2 aromatic carbocycles. The predicted molar refractivity (Wildman–Crippen MR) is 84.0 cm³/mol. The normalized spacial score (nSPS) is 10.5. The van der Waals surface area contributed by atoms with Gasteiger partial charge in [-0.2, -0.15) is 0 Å². The molecule has 3 nitrogen and oxygen atoms in total. The fourth-order valence-corrected chi connectivity index (χ4v) is 2.44. The van der Waals surface area contributed by atoms with Crippen LogP contribution in [-0.2, 0) is 6.42 Å². The molecular weight excluding hydrogens is 260 g/mol. The lowest BCUT2D eigenvalue weighted by molar-refractivity contribution is 0.336. The molecule has 0 unspecified atom stereocenters. The molecule has 0 radical (unpaired) electrons. The van der Waals surface area contributed by atoms with E-state index in [-0.39, 0.29) is 0 Å². The van der Waals surface area contributed by atoms with Crippen LogP contribution in [0.4, 0.5) is 0 Å². The van der Waals surface area contributed by atoms with Crippen molar-refractivity contribution >= 4 is 0 Å². The topological polar surface area (TPSA) is 27.1 Å². The highest BCUT2D eigenvalue weighted by Gasteiger charge is 2.11. The van der Waals surface area contributed by atoms with Crippen LogP contribution in [0.3, 0.4) is 0 Å². The monoisotopic (exact) mass is 278 g/mol. The van der Waals surface area contributed by atoms with Crippen LogP contribution in [0.15, 0.2) is 67.3 Å². The quantitative estimate of drug-likeness (QED) is 0.708. The zero-order valence-electron chi connectivity index (χ0n) is 12.1. The molecule has 21 heavy (non-hydrogen) atoms. The van der Waals surface area contributed by atoms with Gasteiger partial charge in [-0.25, -0.2) is 4.98 Å². The van der Waals surface area contributed by atoms with Crippen LogP contribution < -0.4 is 4.74 Å². The summed E-state index contributed by atoms with van der Waals surface area (Å²) in [5, 5.41) is 0. The molecule has 0 saturated heterocycles. The van der Waals surface area contributed by atoms with Crippen LogP contribution >= 0.6 is 0 Å². The second kappa shape index (κ2) is 6.27. The van der Waals surface area contributed by atoms with Crippen molar-refractivity contribution < 1.29 is 4.74 Å². The average molecular weight is 278 g/mol. The maximum atomic E-state index is 5.92. The van der Waals surface area contributed by atoms with E-state index >= 15 is 0 Å². The van der Waals surface area contributed by atoms with E-state index in [0.717, 1.165) is 17.9 Å². The molecule has 0 atom stereocenters. The Bertz CT molecular complexity index is 691. The van der Waals surface area contributed by atoms with Gasteiger partial charge in [0.1, 0.15) is 5.75 Å². The Balaban J connectivity index is 2.02. The van der Waals surface area contributed by atoms with Gasteiger partial charge in [0.2, 0.25) is 0 Å². The Labute approximate surface area is 124 Å². The van der Waals surface area contributed by atoms with Crippen molar-refractivity contribution in [3.8, 4) is 11.4 Å². The van der Waals surface area contributed by atoms with Gasteiger partial charge < -0.3 is 9.30 Å². The standard InChI is InChI=1S/C18H18N2O/c1-2-21-18-16(13-15-7-4-3-5-8-15)9-6-10-17(18)20-12-11-19-14-20/h3-12,14H,2,13H2,1H3. The van der Waals surface area contributed by atoms with Gasteiger partial charge in [0.25, 0.3) is 0 Å². The van der Waals surface area contributed by atoms with Crippen molar-refractivity contribution in [3.63, 3.8) is 0 Å². The van der Waals surface area contributed by atoms with Crippen molar-refractivity contribution in [2.24, 2.45) is 0 Å². The summed E-state index contributed by atoms with van der Waals surface area (Å²) in [4.78, 5) is 4.12. The Morgan fingerprint density at radius 3 is 2.62 bits per heavy atom. The predicted octanol–water partition coefficient (Wildman–Crippen LogP) is 3.86. The van der Waals surface area contributed by atoms with Crippen molar-refractivity contribution in [2.75, 3.05) is 6.61 Å². The number of para-hydroxylation sites is 1. The number of aromatic nitrogens is 2. The highest BCUT2D eigenvalue weighted by Crippen LogP contribution is 2.29. The van der Waals surface area contributed by atoms with E-state index in [1.54, 1.807) is 12.5 Å². The highest BCUT2D eigenvalue weighted by atomic mass is 16.5. The van der Waals surface area contributed by atoms with Crippen LogP contribution in [0.25, 0.3) is 5.69 Å². The van der Waals surface area contributed by atoms with E-state index in [2.05, 4.69) is 47.4 Å². The summed E-state index contributed by atoms with van der Waals surface area (Å²) in [6.45, 7) is 2.66. The van der Waals surface area contributed by atoms with Gasteiger partial charge in [-0.3, -0.25) is 0 Å². The molecule has 106 valence electrons. The molecule has 3 aromatic rings. The summed E-state index contributed by atoms with van der Waals surface area (Å²) in [7, 11) is 0. The molecule has 1 heterocycles. The first kappa shape index (κ1) is 13.4. The largest absolute Gasteiger partial charge is 0.491 e. The molecule has 0 spiro atoms. The van der Waals surface area contributed by atoms with Crippen LogP contribution in [0.1, 0.15) is 18.1 Å². The van der Waals surface area contributed by atoms with Gasteiger partial charge in [0.15, 0.2) is 0 Å². The van der Waals surface area contributed by atoms with E-state index in [1.165, 1.54) is 11.1 Å². The van der Waals surface area contributed by atoms with Crippen molar-refractivity contribution in [3.05, 3.63) is 78.4 Å². The molecule has 0 fully saturated rings.